The van der Waals surface area contributed by atoms with Gasteiger partial charge in [0.15, 0.2) is 0 Å². The summed E-state index contributed by atoms with van der Waals surface area (Å²) in [5.74, 6) is 1.37. The molecule has 0 radical (unpaired) electrons. The van der Waals surface area contributed by atoms with Crippen LogP contribution >= 0.6 is 0 Å². The van der Waals surface area contributed by atoms with Crippen LogP contribution in [-0.2, 0) is 17.8 Å². The Morgan fingerprint density at radius 1 is 0.895 bits per heavy atom. The second-order valence-electron chi connectivity index (χ2n) is 9.20. The molecule has 0 saturated carbocycles. The summed E-state index contributed by atoms with van der Waals surface area (Å²) in [6.07, 6.45) is 4.08. The van der Waals surface area contributed by atoms with Gasteiger partial charge in [-0.05, 0) is 35.9 Å². The van der Waals surface area contributed by atoms with Crippen molar-refractivity contribution in [2.75, 3.05) is 31.1 Å². The second kappa shape index (κ2) is 10.0. The summed E-state index contributed by atoms with van der Waals surface area (Å²) in [6.45, 7) is 2.75. The number of aromatic nitrogens is 6. The lowest BCUT2D eigenvalue weighted by atomic mass is 10.2. The highest BCUT2D eigenvalue weighted by atomic mass is 19.1. The van der Waals surface area contributed by atoms with Crippen LogP contribution in [0.1, 0.15) is 17.8 Å². The number of fused-ring (bicyclic) bond motifs is 3. The van der Waals surface area contributed by atoms with Crippen LogP contribution in [0.3, 0.4) is 0 Å². The highest BCUT2D eigenvalue weighted by Crippen LogP contribution is 2.18. The summed E-state index contributed by atoms with van der Waals surface area (Å²) in [6, 6.07) is 15.1. The molecule has 0 atom stereocenters. The molecule has 0 unspecified atom stereocenters. The van der Waals surface area contributed by atoms with E-state index in [1.165, 1.54) is 12.1 Å². The highest BCUT2D eigenvalue weighted by molar-refractivity contribution is 5.80. The Balaban J connectivity index is 1.23. The Bertz CT molecular complexity index is 1660. The van der Waals surface area contributed by atoms with E-state index in [2.05, 4.69) is 25.1 Å². The molecule has 1 amide bonds. The zero-order valence-electron chi connectivity index (χ0n) is 20.6. The number of hydrogen-bond donors (Lipinski definition) is 0. The van der Waals surface area contributed by atoms with E-state index in [1.54, 1.807) is 41.2 Å². The maximum atomic E-state index is 13.4. The molecular weight excluding hydrogens is 487 g/mol. The molecule has 11 heteroatoms. The molecule has 4 heterocycles. The van der Waals surface area contributed by atoms with Crippen LogP contribution < -0.4 is 10.5 Å². The van der Waals surface area contributed by atoms with E-state index in [4.69, 9.17) is 0 Å². The maximum absolute atomic E-state index is 13.4. The Hall–Kier alpha value is -4.67. The van der Waals surface area contributed by atoms with Crippen molar-refractivity contribution in [3.05, 3.63) is 94.5 Å². The van der Waals surface area contributed by atoms with Crippen molar-refractivity contribution in [2.45, 2.75) is 19.4 Å². The first-order valence-electron chi connectivity index (χ1n) is 12.5. The number of carbonyl (C=O) groups excluding carboxylic acids is 1. The van der Waals surface area contributed by atoms with Gasteiger partial charge in [-0.2, -0.15) is 0 Å². The minimum Gasteiger partial charge on any atom is -0.339 e. The van der Waals surface area contributed by atoms with Gasteiger partial charge in [0.1, 0.15) is 11.6 Å². The predicted octanol–water partition coefficient (Wildman–Crippen LogP) is 2.30. The van der Waals surface area contributed by atoms with Gasteiger partial charge in [-0.15, -0.1) is 10.2 Å². The fraction of sp³-hybridized carbons (Fsp3) is 0.259. The third-order valence-electron chi connectivity index (χ3n) is 6.86. The third-order valence-corrected chi connectivity index (χ3v) is 6.86. The van der Waals surface area contributed by atoms with E-state index in [9.17, 15) is 14.0 Å². The van der Waals surface area contributed by atoms with E-state index >= 15 is 0 Å². The molecule has 0 spiro atoms. The topological polar surface area (TPSA) is 102 Å². The molecule has 1 fully saturated rings. The average Bonchev–Trinajstić information content (AvgIpc) is 3.39. The van der Waals surface area contributed by atoms with E-state index in [1.807, 2.05) is 27.5 Å². The van der Waals surface area contributed by atoms with Gasteiger partial charge in [0.05, 0.1) is 17.4 Å². The fourth-order valence-electron chi connectivity index (χ4n) is 4.88. The van der Waals surface area contributed by atoms with Crippen LogP contribution in [0.5, 0.6) is 0 Å². The number of aryl methyl sites for hydroxylation is 1. The molecule has 0 aliphatic carbocycles. The Morgan fingerprint density at radius 2 is 1.63 bits per heavy atom. The molecule has 1 saturated heterocycles. The van der Waals surface area contributed by atoms with Gasteiger partial charge in [0.2, 0.25) is 17.6 Å². The molecule has 1 aliphatic rings. The molecule has 192 valence electrons. The molecule has 38 heavy (non-hydrogen) atoms. The zero-order valence-corrected chi connectivity index (χ0v) is 20.6. The molecule has 5 aromatic rings. The number of para-hydroxylation sites is 1. The lowest BCUT2D eigenvalue weighted by Gasteiger charge is -2.34. The summed E-state index contributed by atoms with van der Waals surface area (Å²) in [5.41, 5.74) is 1.25. The molecule has 10 nitrogen and oxygen atoms in total. The first-order valence-corrected chi connectivity index (χ1v) is 12.5. The van der Waals surface area contributed by atoms with Gasteiger partial charge >= 0.3 is 0 Å². The zero-order chi connectivity index (χ0) is 26.1. The first-order chi connectivity index (χ1) is 18.6. The minimum absolute atomic E-state index is 0.0410. The van der Waals surface area contributed by atoms with Gasteiger partial charge in [0, 0.05) is 51.4 Å². The number of hydrogen-bond acceptors (Lipinski definition) is 7. The van der Waals surface area contributed by atoms with Crippen LogP contribution in [-0.4, -0.2) is 66.1 Å². The number of carbonyl (C=O) groups is 1. The number of rotatable bonds is 6. The Labute approximate surface area is 217 Å². The highest BCUT2D eigenvalue weighted by Gasteiger charge is 2.23. The summed E-state index contributed by atoms with van der Waals surface area (Å²) in [5, 5.41) is 9.23. The Kier molecular flexibility index (Phi) is 6.24. The van der Waals surface area contributed by atoms with E-state index in [-0.39, 0.29) is 30.2 Å². The monoisotopic (exact) mass is 512 g/mol. The van der Waals surface area contributed by atoms with Crippen molar-refractivity contribution < 1.29 is 9.18 Å². The largest absolute Gasteiger partial charge is 0.339 e. The van der Waals surface area contributed by atoms with Gasteiger partial charge in [-0.25, -0.2) is 14.4 Å². The molecule has 2 aromatic carbocycles. The second-order valence-corrected chi connectivity index (χ2v) is 9.20. The van der Waals surface area contributed by atoms with Crippen molar-refractivity contribution >= 4 is 28.5 Å². The van der Waals surface area contributed by atoms with Crippen LogP contribution in [0, 0.1) is 5.82 Å². The van der Waals surface area contributed by atoms with Gasteiger partial charge < -0.3 is 9.80 Å². The SMILES string of the molecule is O=C(CCc1nnc2n(Cc3ccc(F)cc3)c(=O)c3ccccc3n12)N1CCN(c2ncccn2)CC1. The van der Waals surface area contributed by atoms with Crippen molar-refractivity contribution in [3.63, 3.8) is 0 Å². The lowest BCUT2D eigenvalue weighted by molar-refractivity contribution is -0.131. The number of halogens is 1. The number of benzene rings is 2. The summed E-state index contributed by atoms with van der Waals surface area (Å²) < 4.78 is 16.8. The number of piperazine rings is 1. The van der Waals surface area contributed by atoms with E-state index in [0.29, 0.717) is 61.1 Å². The van der Waals surface area contributed by atoms with Crippen molar-refractivity contribution in [1.29, 1.82) is 0 Å². The molecule has 0 bridgehead atoms. The van der Waals surface area contributed by atoms with Crippen LogP contribution in [0.15, 0.2) is 71.8 Å². The minimum atomic E-state index is -0.339. The lowest BCUT2D eigenvalue weighted by Crippen LogP contribution is -2.49. The number of nitrogens with zero attached hydrogens (tertiary/aromatic N) is 8. The molecule has 1 aliphatic heterocycles. The smallest absolute Gasteiger partial charge is 0.263 e. The number of anilines is 1. The number of amides is 1. The van der Waals surface area contributed by atoms with Gasteiger partial charge in [-0.3, -0.25) is 18.6 Å². The van der Waals surface area contributed by atoms with Crippen molar-refractivity contribution in [3.8, 4) is 0 Å². The van der Waals surface area contributed by atoms with Crippen LogP contribution in [0.4, 0.5) is 10.3 Å². The quantitative estimate of drug-likeness (QED) is 0.344. The first kappa shape index (κ1) is 23.7. The summed E-state index contributed by atoms with van der Waals surface area (Å²) >= 11 is 0. The fourth-order valence-corrected chi connectivity index (χ4v) is 4.88. The molecule has 3 aromatic heterocycles. The molecule has 0 N–H and O–H groups in total. The average molecular weight is 513 g/mol. The van der Waals surface area contributed by atoms with Crippen molar-refractivity contribution in [2.24, 2.45) is 0 Å². The van der Waals surface area contributed by atoms with Gasteiger partial charge in [-0.1, -0.05) is 24.3 Å². The van der Waals surface area contributed by atoms with E-state index in [0.717, 1.165) is 5.56 Å². The molecule has 6 rings (SSSR count). The Morgan fingerprint density at radius 3 is 2.39 bits per heavy atom. The normalized spacial score (nSPS) is 13.9. The third kappa shape index (κ3) is 4.47. The predicted molar refractivity (Wildman–Crippen MR) is 139 cm³/mol. The standard InChI is InChI=1S/C27H25FN8O2/c28-20-8-6-19(7-9-20)18-35-25(38)21-4-1-2-5-22(21)36-23(31-32-27(35)36)10-11-24(37)33-14-16-34(17-15-33)26-29-12-3-13-30-26/h1-9,12-13H,10-11,14-18H2. The summed E-state index contributed by atoms with van der Waals surface area (Å²) in [7, 11) is 0. The summed E-state index contributed by atoms with van der Waals surface area (Å²) in [4.78, 5) is 38.9. The van der Waals surface area contributed by atoms with Crippen molar-refractivity contribution in [1.82, 2.24) is 34.0 Å². The van der Waals surface area contributed by atoms with Crippen LogP contribution in [0.2, 0.25) is 0 Å². The molecular formula is C27H25FN8O2. The van der Waals surface area contributed by atoms with Gasteiger partial charge in [0.25, 0.3) is 5.56 Å². The van der Waals surface area contributed by atoms with E-state index < -0.39 is 0 Å². The maximum Gasteiger partial charge on any atom is 0.263 e. The van der Waals surface area contributed by atoms with Crippen LogP contribution in [0.25, 0.3) is 16.7 Å².